The first-order chi connectivity index (χ1) is 7.18. The highest BCUT2D eigenvalue weighted by Crippen LogP contribution is 2.28. The lowest BCUT2D eigenvalue weighted by Gasteiger charge is -2.34. The molecule has 82 valence electrons. The van der Waals surface area contributed by atoms with Gasteiger partial charge in [-0.1, -0.05) is 11.6 Å². The van der Waals surface area contributed by atoms with Crippen molar-refractivity contribution in [1.82, 2.24) is 9.97 Å². The molecule has 4 nitrogen and oxygen atoms in total. The fraction of sp³-hybridized carbons (Fsp3) is 0.556. The van der Waals surface area contributed by atoms with E-state index in [1.54, 1.807) is 6.20 Å². The Morgan fingerprint density at radius 3 is 3.20 bits per heavy atom. The molecular weight excluding hydrogens is 232 g/mol. The van der Waals surface area contributed by atoms with Crippen LogP contribution in [0, 0.1) is 0 Å². The highest BCUT2D eigenvalue weighted by molar-refractivity contribution is 7.99. The summed E-state index contributed by atoms with van der Waals surface area (Å²) < 4.78 is 0. The predicted molar refractivity (Wildman–Crippen MR) is 65.6 cm³/mol. The first kappa shape index (κ1) is 10.8. The minimum absolute atomic E-state index is 0.278. The second kappa shape index (κ2) is 4.45. The number of rotatable bonds is 1. The normalized spacial score (nSPS) is 21.7. The number of anilines is 2. The minimum atomic E-state index is 0.278. The average Bonchev–Trinajstić information content (AvgIpc) is 2.23. The molecule has 0 aliphatic carbocycles. The molecule has 0 bridgehead atoms. The zero-order valence-corrected chi connectivity index (χ0v) is 10.1. The van der Waals surface area contributed by atoms with E-state index in [0.29, 0.717) is 11.1 Å². The highest BCUT2D eigenvalue weighted by Gasteiger charge is 2.22. The molecule has 0 aromatic carbocycles. The van der Waals surface area contributed by atoms with Gasteiger partial charge in [0.15, 0.2) is 5.82 Å². The van der Waals surface area contributed by atoms with Gasteiger partial charge in [-0.25, -0.2) is 4.98 Å². The fourth-order valence-corrected chi connectivity index (χ4v) is 2.83. The van der Waals surface area contributed by atoms with E-state index in [1.807, 2.05) is 11.8 Å². The lowest BCUT2D eigenvalue weighted by molar-refractivity contribution is 0.689. The van der Waals surface area contributed by atoms with Crippen LogP contribution in [0.4, 0.5) is 11.8 Å². The van der Waals surface area contributed by atoms with E-state index < -0.39 is 0 Å². The van der Waals surface area contributed by atoms with Gasteiger partial charge in [0.2, 0.25) is 5.95 Å². The Kier molecular flexibility index (Phi) is 3.21. The van der Waals surface area contributed by atoms with E-state index in [4.69, 9.17) is 17.3 Å². The Morgan fingerprint density at radius 2 is 2.47 bits per heavy atom. The van der Waals surface area contributed by atoms with Crippen molar-refractivity contribution in [2.45, 2.75) is 13.0 Å². The van der Waals surface area contributed by atoms with Crippen molar-refractivity contribution >= 4 is 35.1 Å². The highest BCUT2D eigenvalue weighted by atomic mass is 35.5. The molecule has 1 saturated heterocycles. The van der Waals surface area contributed by atoms with Crippen LogP contribution in [0.25, 0.3) is 0 Å². The summed E-state index contributed by atoms with van der Waals surface area (Å²) in [4.78, 5) is 10.3. The van der Waals surface area contributed by atoms with Crippen molar-refractivity contribution in [2.75, 3.05) is 28.7 Å². The molecule has 0 spiro atoms. The first-order valence-electron chi connectivity index (χ1n) is 4.81. The van der Waals surface area contributed by atoms with Crippen molar-refractivity contribution < 1.29 is 0 Å². The molecule has 0 saturated carbocycles. The van der Waals surface area contributed by atoms with Crippen molar-refractivity contribution in [3.63, 3.8) is 0 Å². The molecule has 0 radical (unpaired) electrons. The maximum absolute atomic E-state index is 6.07. The van der Waals surface area contributed by atoms with E-state index in [-0.39, 0.29) is 5.95 Å². The number of nitrogens with two attached hydrogens (primary N) is 1. The molecule has 1 atom stereocenters. The summed E-state index contributed by atoms with van der Waals surface area (Å²) in [6, 6.07) is 0.440. The molecule has 1 unspecified atom stereocenters. The second-order valence-corrected chi connectivity index (χ2v) is 5.07. The quantitative estimate of drug-likeness (QED) is 0.814. The third-order valence-corrected chi connectivity index (χ3v) is 3.84. The lowest BCUT2D eigenvalue weighted by Crippen LogP contribution is -2.41. The van der Waals surface area contributed by atoms with E-state index in [0.717, 1.165) is 23.9 Å². The topological polar surface area (TPSA) is 55.0 Å². The van der Waals surface area contributed by atoms with Gasteiger partial charge in [-0.2, -0.15) is 16.7 Å². The smallest absolute Gasteiger partial charge is 0.222 e. The SMILES string of the molecule is CC1CSCCN1c1nc(N)ncc1Cl. The predicted octanol–water partition coefficient (Wildman–Crippen LogP) is 1.65. The van der Waals surface area contributed by atoms with Crippen LogP contribution < -0.4 is 10.6 Å². The lowest BCUT2D eigenvalue weighted by atomic mass is 10.3. The van der Waals surface area contributed by atoms with Crippen LogP contribution in [0.2, 0.25) is 5.02 Å². The van der Waals surface area contributed by atoms with E-state index in [2.05, 4.69) is 21.8 Å². The maximum atomic E-state index is 6.07. The van der Waals surface area contributed by atoms with E-state index in [1.165, 1.54) is 0 Å². The van der Waals surface area contributed by atoms with Crippen LogP contribution in [0.15, 0.2) is 6.20 Å². The Hall–Kier alpha value is -0.680. The van der Waals surface area contributed by atoms with Gasteiger partial charge in [0.1, 0.15) is 5.02 Å². The van der Waals surface area contributed by atoms with E-state index in [9.17, 15) is 0 Å². The fourth-order valence-electron chi connectivity index (χ4n) is 1.61. The zero-order chi connectivity index (χ0) is 10.8. The molecule has 1 aliphatic rings. The van der Waals surface area contributed by atoms with Gasteiger partial charge < -0.3 is 10.6 Å². The molecule has 15 heavy (non-hydrogen) atoms. The Bertz CT molecular complexity index is 360. The number of halogens is 1. The molecule has 0 amide bonds. The van der Waals surface area contributed by atoms with Crippen molar-refractivity contribution in [3.05, 3.63) is 11.2 Å². The maximum Gasteiger partial charge on any atom is 0.222 e. The summed E-state index contributed by atoms with van der Waals surface area (Å²) in [5, 5.41) is 0.572. The van der Waals surface area contributed by atoms with Crippen LogP contribution in [-0.2, 0) is 0 Å². The average molecular weight is 245 g/mol. The van der Waals surface area contributed by atoms with Crippen LogP contribution >= 0.6 is 23.4 Å². The molecular formula is C9H13ClN4S. The standard InChI is InChI=1S/C9H13ClN4S/c1-6-5-15-3-2-14(6)8-7(10)4-12-9(11)13-8/h4,6H,2-3,5H2,1H3,(H2,11,12,13). The largest absolute Gasteiger partial charge is 0.368 e. The van der Waals surface area contributed by atoms with Crippen molar-refractivity contribution in [3.8, 4) is 0 Å². The molecule has 1 aliphatic heterocycles. The summed E-state index contributed by atoms with van der Waals surface area (Å²) >= 11 is 8.02. The van der Waals surface area contributed by atoms with Crippen molar-refractivity contribution in [1.29, 1.82) is 0 Å². The summed E-state index contributed by atoms with van der Waals surface area (Å²) in [6.45, 7) is 3.13. The minimum Gasteiger partial charge on any atom is -0.368 e. The van der Waals surface area contributed by atoms with Gasteiger partial charge in [-0.05, 0) is 6.92 Å². The van der Waals surface area contributed by atoms with Crippen LogP contribution in [0.1, 0.15) is 6.92 Å². The van der Waals surface area contributed by atoms with Gasteiger partial charge in [0, 0.05) is 24.1 Å². The van der Waals surface area contributed by atoms with Crippen molar-refractivity contribution in [2.24, 2.45) is 0 Å². The summed E-state index contributed by atoms with van der Waals surface area (Å²) in [5.41, 5.74) is 5.57. The number of thioether (sulfide) groups is 1. The molecule has 2 heterocycles. The number of hydrogen-bond acceptors (Lipinski definition) is 5. The van der Waals surface area contributed by atoms with Crippen LogP contribution in [0.3, 0.4) is 0 Å². The summed E-state index contributed by atoms with van der Waals surface area (Å²) in [5.74, 6) is 3.24. The second-order valence-electron chi connectivity index (χ2n) is 3.52. The van der Waals surface area contributed by atoms with Gasteiger partial charge in [0.05, 0.1) is 6.20 Å². The Morgan fingerprint density at radius 1 is 1.67 bits per heavy atom. The van der Waals surface area contributed by atoms with E-state index >= 15 is 0 Å². The molecule has 1 aromatic heterocycles. The zero-order valence-electron chi connectivity index (χ0n) is 8.48. The molecule has 2 rings (SSSR count). The summed E-state index contributed by atoms with van der Waals surface area (Å²) in [7, 11) is 0. The Labute approximate surface area is 98.2 Å². The van der Waals surface area contributed by atoms with Gasteiger partial charge in [-0.15, -0.1) is 0 Å². The third kappa shape index (κ3) is 2.29. The first-order valence-corrected chi connectivity index (χ1v) is 6.34. The van der Waals surface area contributed by atoms with Gasteiger partial charge in [-0.3, -0.25) is 0 Å². The number of hydrogen-bond donors (Lipinski definition) is 1. The Balaban J connectivity index is 2.30. The monoisotopic (exact) mass is 244 g/mol. The molecule has 2 N–H and O–H groups in total. The third-order valence-electron chi connectivity index (χ3n) is 2.38. The molecule has 1 fully saturated rings. The van der Waals surface area contributed by atoms with Gasteiger partial charge in [0.25, 0.3) is 0 Å². The van der Waals surface area contributed by atoms with Gasteiger partial charge >= 0.3 is 0 Å². The molecule has 6 heteroatoms. The summed E-state index contributed by atoms with van der Waals surface area (Å²) in [6.07, 6.45) is 1.56. The molecule has 1 aromatic rings. The number of aromatic nitrogens is 2. The van der Waals surface area contributed by atoms with Crippen LogP contribution in [-0.4, -0.2) is 34.1 Å². The van der Waals surface area contributed by atoms with Crippen LogP contribution in [0.5, 0.6) is 0 Å². The number of nitrogens with zero attached hydrogens (tertiary/aromatic N) is 3. The number of nitrogen functional groups attached to an aromatic ring is 1.